The van der Waals surface area contributed by atoms with E-state index in [9.17, 15) is 0 Å². The third-order valence-corrected chi connectivity index (χ3v) is 4.62. The zero-order valence-electron chi connectivity index (χ0n) is 10.2. The fourth-order valence-corrected chi connectivity index (χ4v) is 4.00. The molecule has 1 saturated carbocycles. The van der Waals surface area contributed by atoms with Crippen molar-refractivity contribution in [1.29, 1.82) is 5.26 Å². The Labute approximate surface area is 98.6 Å². The Hall–Kier alpha value is -0.160. The van der Waals surface area contributed by atoms with Gasteiger partial charge in [-0.15, -0.1) is 0 Å². The van der Waals surface area contributed by atoms with Crippen molar-refractivity contribution in [3.8, 4) is 6.07 Å². The normalized spacial score (nSPS) is 31.5. The largest absolute Gasteiger partial charge is 0.198 e. The molecule has 0 saturated heterocycles. The maximum Gasteiger partial charge on any atom is 0.0667 e. The molecular weight excluding hydrogens is 202 g/mol. The Kier molecular flexibility index (Phi) is 5.53. The predicted molar refractivity (Wildman–Crippen MR) is 67.9 cm³/mol. The van der Waals surface area contributed by atoms with Crippen LogP contribution in [0, 0.1) is 23.2 Å². The topological polar surface area (TPSA) is 23.8 Å². The first kappa shape index (κ1) is 12.9. The maximum atomic E-state index is 9.13. The Morgan fingerprint density at radius 3 is 2.67 bits per heavy atom. The first-order chi connectivity index (χ1) is 7.17. The minimum Gasteiger partial charge on any atom is -0.198 e. The molecule has 0 spiro atoms. The lowest BCUT2D eigenvalue weighted by Gasteiger charge is -2.33. The second-order valence-corrected chi connectivity index (χ2v) is 6.75. The van der Waals surface area contributed by atoms with E-state index in [0.717, 1.165) is 12.3 Å². The molecule has 1 aliphatic rings. The smallest absolute Gasteiger partial charge is 0.0667 e. The van der Waals surface area contributed by atoms with Gasteiger partial charge >= 0.3 is 0 Å². The third-order valence-electron chi connectivity index (χ3n) is 3.21. The van der Waals surface area contributed by atoms with E-state index >= 15 is 0 Å². The molecule has 1 fully saturated rings. The standard InChI is InChI=1S/C13H23NS/c1-4-5-11-6-7-12(9-14)13(8-11)15-10(2)3/h10-13H,4-8H2,1-3H3. The van der Waals surface area contributed by atoms with Gasteiger partial charge in [0.2, 0.25) is 0 Å². The zero-order chi connectivity index (χ0) is 11.3. The highest BCUT2D eigenvalue weighted by Crippen LogP contribution is 2.39. The van der Waals surface area contributed by atoms with E-state index in [1.807, 2.05) is 11.8 Å². The third kappa shape index (κ3) is 4.07. The van der Waals surface area contributed by atoms with Crippen molar-refractivity contribution < 1.29 is 0 Å². The molecule has 0 bridgehead atoms. The molecule has 0 aliphatic heterocycles. The molecule has 0 amide bonds. The van der Waals surface area contributed by atoms with E-state index in [0.29, 0.717) is 16.4 Å². The summed E-state index contributed by atoms with van der Waals surface area (Å²) in [6.07, 6.45) is 6.33. The summed E-state index contributed by atoms with van der Waals surface area (Å²) in [4.78, 5) is 0. The van der Waals surface area contributed by atoms with E-state index in [1.165, 1.54) is 25.7 Å². The van der Waals surface area contributed by atoms with Crippen LogP contribution in [0.3, 0.4) is 0 Å². The summed E-state index contributed by atoms with van der Waals surface area (Å²) in [5.41, 5.74) is 0. The summed E-state index contributed by atoms with van der Waals surface area (Å²) in [6, 6.07) is 2.50. The highest BCUT2D eigenvalue weighted by Gasteiger charge is 2.30. The molecule has 0 radical (unpaired) electrons. The summed E-state index contributed by atoms with van der Waals surface area (Å²) in [6.45, 7) is 6.74. The molecule has 15 heavy (non-hydrogen) atoms. The SMILES string of the molecule is CCCC1CCC(C#N)C(SC(C)C)C1. The van der Waals surface area contributed by atoms with E-state index in [1.54, 1.807) is 0 Å². The average Bonchev–Trinajstić information content (AvgIpc) is 2.18. The van der Waals surface area contributed by atoms with Gasteiger partial charge in [0, 0.05) is 5.25 Å². The number of thioether (sulfide) groups is 1. The summed E-state index contributed by atoms with van der Waals surface area (Å²) >= 11 is 2.02. The molecule has 1 nitrogen and oxygen atoms in total. The Morgan fingerprint density at radius 1 is 1.40 bits per heavy atom. The molecule has 0 aromatic rings. The van der Waals surface area contributed by atoms with Crippen molar-refractivity contribution >= 4 is 11.8 Å². The number of nitriles is 1. The molecule has 0 aromatic carbocycles. The van der Waals surface area contributed by atoms with Gasteiger partial charge in [0.05, 0.1) is 12.0 Å². The van der Waals surface area contributed by atoms with Crippen molar-refractivity contribution in [2.45, 2.75) is 63.4 Å². The molecule has 86 valence electrons. The number of nitrogens with zero attached hydrogens (tertiary/aromatic N) is 1. The maximum absolute atomic E-state index is 9.13. The Morgan fingerprint density at radius 2 is 2.13 bits per heavy atom. The molecule has 2 heteroatoms. The van der Waals surface area contributed by atoms with Gasteiger partial charge in [-0.05, 0) is 30.4 Å². The van der Waals surface area contributed by atoms with Crippen molar-refractivity contribution in [3.63, 3.8) is 0 Å². The van der Waals surface area contributed by atoms with Crippen molar-refractivity contribution in [3.05, 3.63) is 0 Å². The minimum absolute atomic E-state index is 0.311. The van der Waals surface area contributed by atoms with Crippen LogP contribution in [-0.2, 0) is 0 Å². The van der Waals surface area contributed by atoms with Crippen LogP contribution < -0.4 is 0 Å². The van der Waals surface area contributed by atoms with Crippen LogP contribution in [0.5, 0.6) is 0 Å². The molecule has 3 atom stereocenters. The first-order valence-electron chi connectivity index (χ1n) is 6.22. The van der Waals surface area contributed by atoms with Crippen LogP contribution >= 0.6 is 11.8 Å². The van der Waals surface area contributed by atoms with Crippen molar-refractivity contribution in [1.82, 2.24) is 0 Å². The molecule has 1 rings (SSSR count). The van der Waals surface area contributed by atoms with Crippen molar-refractivity contribution in [2.75, 3.05) is 0 Å². The monoisotopic (exact) mass is 225 g/mol. The van der Waals surface area contributed by atoms with E-state index in [-0.39, 0.29) is 0 Å². The Balaban J connectivity index is 2.50. The van der Waals surface area contributed by atoms with Gasteiger partial charge in [-0.2, -0.15) is 17.0 Å². The molecule has 0 N–H and O–H groups in total. The van der Waals surface area contributed by atoms with E-state index < -0.39 is 0 Å². The van der Waals surface area contributed by atoms with Crippen LogP contribution in [0.25, 0.3) is 0 Å². The van der Waals surface area contributed by atoms with Gasteiger partial charge in [0.15, 0.2) is 0 Å². The Bertz CT molecular complexity index is 219. The quantitative estimate of drug-likeness (QED) is 0.714. The number of hydrogen-bond acceptors (Lipinski definition) is 2. The van der Waals surface area contributed by atoms with Crippen LogP contribution in [-0.4, -0.2) is 10.5 Å². The van der Waals surface area contributed by atoms with Crippen LogP contribution in [0.1, 0.15) is 52.9 Å². The molecule has 1 aliphatic carbocycles. The highest BCUT2D eigenvalue weighted by molar-refractivity contribution is 8.00. The second kappa shape index (κ2) is 6.43. The van der Waals surface area contributed by atoms with E-state index in [4.69, 9.17) is 5.26 Å². The van der Waals surface area contributed by atoms with Gasteiger partial charge in [0.25, 0.3) is 0 Å². The van der Waals surface area contributed by atoms with Crippen LogP contribution in [0.2, 0.25) is 0 Å². The predicted octanol–water partition coefficient (Wildman–Crippen LogP) is 4.24. The lowest BCUT2D eigenvalue weighted by molar-refractivity contribution is 0.306. The van der Waals surface area contributed by atoms with Gasteiger partial charge in [-0.3, -0.25) is 0 Å². The lowest BCUT2D eigenvalue weighted by Crippen LogP contribution is -2.27. The molecule has 0 aromatic heterocycles. The highest BCUT2D eigenvalue weighted by atomic mass is 32.2. The summed E-state index contributed by atoms with van der Waals surface area (Å²) in [5, 5.41) is 10.4. The van der Waals surface area contributed by atoms with Crippen LogP contribution in [0.15, 0.2) is 0 Å². The van der Waals surface area contributed by atoms with Crippen LogP contribution in [0.4, 0.5) is 0 Å². The van der Waals surface area contributed by atoms with Gasteiger partial charge in [0.1, 0.15) is 0 Å². The second-order valence-electron chi connectivity index (χ2n) is 4.93. The van der Waals surface area contributed by atoms with Gasteiger partial charge in [-0.1, -0.05) is 33.6 Å². The van der Waals surface area contributed by atoms with Gasteiger partial charge in [-0.25, -0.2) is 0 Å². The van der Waals surface area contributed by atoms with Gasteiger partial charge < -0.3 is 0 Å². The minimum atomic E-state index is 0.311. The zero-order valence-corrected chi connectivity index (χ0v) is 11.0. The lowest BCUT2D eigenvalue weighted by atomic mass is 9.80. The summed E-state index contributed by atoms with van der Waals surface area (Å²) in [7, 11) is 0. The van der Waals surface area contributed by atoms with Crippen molar-refractivity contribution in [2.24, 2.45) is 11.8 Å². The average molecular weight is 225 g/mol. The molecule has 0 heterocycles. The summed E-state index contributed by atoms with van der Waals surface area (Å²) in [5.74, 6) is 1.20. The first-order valence-corrected chi connectivity index (χ1v) is 7.16. The molecular formula is C13H23NS. The van der Waals surface area contributed by atoms with E-state index in [2.05, 4.69) is 26.8 Å². The number of hydrogen-bond donors (Lipinski definition) is 0. The fraction of sp³-hybridized carbons (Fsp3) is 0.923. The fourth-order valence-electron chi connectivity index (χ4n) is 2.53. The summed E-state index contributed by atoms with van der Waals surface area (Å²) < 4.78 is 0. The molecule has 3 unspecified atom stereocenters. The number of rotatable bonds is 4.